The fraction of sp³-hybridized carbons (Fsp3) is 0.308. The molecule has 0 heterocycles. The summed E-state index contributed by atoms with van der Waals surface area (Å²) in [6.45, 7) is 5.37. The molecule has 0 aliphatic rings. The largest absolute Gasteiger partial charge is 0.508 e. The van der Waals surface area contributed by atoms with E-state index in [1.165, 1.54) is 0 Å². The maximum Gasteiger partial charge on any atom is 0.173 e. The number of phenols is 1. The summed E-state index contributed by atoms with van der Waals surface area (Å²) in [7, 11) is 3.28. The molecule has 0 amide bonds. The van der Waals surface area contributed by atoms with Gasteiger partial charge in [-0.3, -0.25) is 0 Å². The van der Waals surface area contributed by atoms with Crippen LogP contribution in [0.1, 0.15) is 26.7 Å². The molecule has 3 aromatic rings. The van der Waals surface area contributed by atoms with Crippen molar-refractivity contribution in [3.8, 4) is 51.0 Å². The number of methoxy groups -OCH3 is 2. The van der Waals surface area contributed by atoms with E-state index < -0.39 is 0 Å². The summed E-state index contributed by atoms with van der Waals surface area (Å²) in [4.78, 5) is 0. The first kappa shape index (κ1) is 22.3. The lowest BCUT2D eigenvalue weighted by atomic mass is 9.96. The molecule has 5 heteroatoms. The van der Waals surface area contributed by atoms with Crippen molar-refractivity contribution in [2.45, 2.75) is 26.7 Å². The third-order valence-corrected chi connectivity index (χ3v) is 4.87. The van der Waals surface area contributed by atoms with Crippen LogP contribution in [0.3, 0.4) is 0 Å². The number of hydrogen-bond donors (Lipinski definition) is 1. The number of ether oxygens (including phenoxy) is 4. The summed E-state index contributed by atoms with van der Waals surface area (Å²) in [6.07, 6.45) is 1.82. The third-order valence-electron chi connectivity index (χ3n) is 4.87. The highest BCUT2D eigenvalue weighted by Crippen LogP contribution is 2.50. The molecule has 1 N–H and O–H groups in total. The molecule has 5 nitrogen and oxygen atoms in total. The molecule has 0 saturated heterocycles. The molecule has 0 aromatic heterocycles. The minimum absolute atomic E-state index is 0.208. The lowest BCUT2D eigenvalue weighted by Gasteiger charge is -2.21. The molecule has 31 heavy (non-hydrogen) atoms. The van der Waals surface area contributed by atoms with E-state index in [1.807, 2.05) is 42.5 Å². The van der Waals surface area contributed by atoms with E-state index in [9.17, 15) is 5.11 Å². The van der Waals surface area contributed by atoms with Gasteiger partial charge in [-0.05, 0) is 54.3 Å². The highest BCUT2D eigenvalue weighted by atomic mass is 16.5. The van der Waals surface area contributed by atoms with Gasteiger partial charge in [0.2, 0.25) is 0 Å². The second kappa shape index (κ2) is 10.6. The SMILES string of the molecule is CCCOc1ccc(-c2c(OC)cc(-c3ccc(O)cc3)c(OC)c2OCCC)cc1. The normalized spacial score (nSPS) is 10.6. The van der Waals surface area contributed by atoms with Crippen LogP contribution in [-0.2, 0) is 0 Å². The predicted molar refractivity (Wildman–Crippen MR) is 124 cm³/mol. The Hall–Kier alpha value is -3.34. The van der Waals surface area contributed by atoms with Gasteiger partial charge in [0.15, 0.2) is 11.5 Å². The van der Waals surface area contributed by atoms with Gasteiger partial charge in [-0.25, -0.2) is 0 Å². The Morgan fingerprint density at radius 1 is 0.710 bits per heavy atom. The number of phenolic OH excluding ortho intramolecular Hbond substituents is 1. The summed E-state index contributed by atoms with van der Waals surface area (Å²) in [6, 6.07) is 16.8. The molecule has 0 saturated carbocycles. The zero-order valence-corrected chi connectivity index (χ0v) is 18.6. The maximum atomic E-state index is 9.68. The lowest BCUT2D eigenvalue weighted by molar-refractivity contribution is 0.294. The van der Waals surface area contributed by atoms with E-state index in [4.69, 9.17) is 18.9 Å². The van der Waals surface area contributed by atoms with Gasteiger partial charge in [0.25, 0.3) is 0 Å². The smallest absolute Gasteiger partial charge is 0.173 e. The standard InChI is InChI=1S/C26H30O5/c1-5-15-30-21-13-9-19(10-14-21)24-23(28-3)17-22(18-7-11-20(27)12-8-18)25(29-4)26(24)31-16-6-2/h7-14,17,27H,5-6,15-16H2,1-4H3. The average molecular weight is 423 g/mol. The van der Waals surface area contributed by atoms with Crippen molar-refractivity contribution >= 4 is 0 Å². The number of hydrogen-bond acceptors (Lipinski definition) is 5. The Morgan fingerprint density at radius 3 is 1.90 bits per heavy atom. The van der Waals surface area contributed by atoms with Crippen LogP contribution in [0.5, 0.6) is 28.7 Å². The quantitative estimate of drug-likeness (QED) is 0.414. The molecule has 0 radical (unpaired) electrons. The second-order valence-corrected chi connectivity index (χ2v) is 7.13. The van der Waals surface area contributed by atoms with Crippen LogP contribution >= 0.6 is 0 Å². The van der Waals surface area contributed by atoms with Gasteiger partial charge in [0.1, 0.15) is 17.2 Å². The Morgan fingerprint density at radius 2 is 1.32 bits per heavy atom. The lowest BCUT2D eigenvalue weighted by Crippen LogP contribution is -2.03. The summed E-state index contributed by atoms with van der Waals surface area (Å²) in [5.41, 5.74) is 3.50. The van der Waals surface area contributed by atoms with E-state index in [0.29, 0.717) is 30.5 Å². The molecule has 3 rings (SSSR count). The van der Waals surface area contributed by atoms with Crippen LogP contribution in [-0.4, -0.2) is 32.5 Å². The summed E-state index contributed by atoms with van der Waals surface area (Å²) in [5, 5.41) is 9.68. The monoisotopic (exact) mass is 422 g/mol. The topological polar surface area (TPSA) is 57.2 Å². The van der Waals surface area contributed by atoms with Crippen molar-refractivity contribution in [1.29, 1.82) is 0 Å². The molecular formula is C26H30O5. The van der Waals surface area contributed by atoms with Gasteiger partial charge in [-0.2, -0.15) is 0 Å². The fourth-order valence-corrected chi connectivity index (χ4v) is 3.39. The van der Waals surface area contributed by atoms with Crippen LogP contribution in [0, 0.1) is 0 Å². The van der Waals surface area contributed by atoms with Crippen LogP contribution < -0.4 is 18.9 Å². The van der Waals surface area contributed by atoms with E-state index in [2.05, 4.69) is 13.8 Å². The van der Waals surface area contributed by atoms with Crippen molar-refractivity contribution in [2.24, 2.45) is 0 Å². The van der Waals surface area contributed by atoms with Gasteiger partial charge < -0.3 is 24.1 Å². The van der Waals surface area contributed by atoms with Crippen molar-refractivity contribution in [2.75, 3.05) is 27.4 Å². The number of rotatable bonds is 10. The van der Waals surface area contributed by atoms with Crippen molar-refractivity contribution in [1.82, 2.24) is 0 Å². The highest BCUT2D eigenvalue weighted by Gasteiger charge is 2.23. The molecule has 0 atom stereocenters. The molecular weight excluding hydrogens is 392 g/mol. The Labute approximate surface area is 184 Å². The van der Waals surface area contributed by atoms with Crippen LogP contribution in [0.15, 0.2) is 54.6 Å². The van der Waals surface area contributed by atoms with Crippen LogP contribution in [0.25, 0.3) is 22.3 Å². The fourth-order valence-electron chi connectivity index (χ4n) is 3.39. The molecule has 0 bridgehead atoms. The van der Waals surface area contributed by atoms with E-state index in [1.54, 1.807) is 26.4 Å². The van der Waals surface area contributed by atoms with E-state index >= 15 is 0 Å². The molecule has 3 aromatic carbocycles. The Bertz CT molecular complexity index is 978. The van der Waals surface area contributed by atoms with E-state index in [0.717, 1.165) is 40.8 Å². The van der Waals surface area contributed by atoms with Gasteiger partial charge >= 0.3 is 0 Å². The molecule has 0 aliphatic heterocycles. The van der Waals surface area contributed by atoms with E-state index in [-0.39, 0.29) is 5.75 Å². The minimum atomic E-state index is 0.208. The van der Waals surface area contributed by atoms with Gasteiger partial charge in [0.05, 0.1) is 33.0 Å². The molecule has 164 valence electrons. The maximum absolute atomic E-state index is 9.68. The first-order valence-electron chi connectivity index (χ1n) is 10.6. The second-order valence-electron chi connectivity index (χ2n) is 7.13. The molecule has 0 aliphatic carbocycles. The molecule has 0 unspecified atom stereocenters. The van der Waals surface area contributed by atoms with Crippen molar-refractivity contribution in [3.05, 3.63) is 54.6 Å². The predicted octanol–water partition coefficient (Wildman–Crippen LogP) is 6.32. The molecule has 0 fully saturated rings. The van der Waals surface area contributed by atoms with Gasteiger partial charge in [-0.15, -0.1) is 0 Å². The van der Waals surface area contributed by atoms with Crippen molar-refractivity contribution < 1.29 is 24.1 Å². The zero-order valence-electron chi connectivity index (χ0n) is 18.6. The third kappa shape index (κ3) is 5.05. The Balaban J connectivity index is 2.18. The summed E-state index contributed by atoms with van der Waals surface area (Å²) in [5.74, 6) is 2.97. The number of aromatic hydroxyl groups is 1. The number of benzene rings is 3. The average Bonchev–Trinajstić information content (AvgIpc) is 2.81. The van der Waals surface area contributed by atoms with Gasteiger partial charge in [0, 0.05) is 5.56 Å². The first-order chi connectivity index (χ1) is 15.1. The van der Waals surface area contributed by atoms with Crippen LogP contribution in [0.2, 0.25) is 0 Å². The van der Waals surface area contributed by atoms with Gasteiger partial charge in [-0.1, -0.05) is 38.1 Å². The molecule has 0 spiro atoms. The highest BCUT2D eigenvalue weighted by molar-refractivity contribution is 5.88. The zero-order chi connectivity index (χ0) is 22.2. The van der Waals surface area contributed by atoms with Crippen molar-refractivity contribution in [3.63, 3.8) is 0 Å². The minimum Gasteiger partial charge on any atom is -0.508 e. The summed E-state index contributed by atoms with van der Waals surface area (Å²) < 4.78 is 23.5. The van der Waals surface area contributed by atoms with Crippen LogP contribution in [0.4, 0.5) is 0 Å². The first-order valence-corrected chi connectivity index (χ1v) is 10.6. The Kier molecular flexibility index (Phi) is 7.65. The summed E-state index contributed by atoms with van der Waals surface area (Å²) >= 11 is 0.